The van der Waals surface area contributed by atoms with Crippen molar-refractivity contribution in [1.29, 1.82) is 0 Å². The first-order chi connectivity index (χ1) is 10.0. The molecule has 0 saturated carbocycles. The van der Waals surface area contributed by atoms with Gasteiger partial charge in [-0.15, -0.1) is 0 Å². The number of halogens is 2. The molecule has 2 aromatic rings. The van der Waals surface area contributed by atoms with E-state index in [9.17, 15) is 17.2 Å². The standard InChI is InChI=1S/C14H17F2N3O2S/c1-14(2,3)13-12(8-19(4)17-13)22(20,21)18-11-7-9(15)5-6-10(11)16/h5-8,18H,1-4H3. The van der Waals surface area contributed by atoms with Crippen LogP contribution in [0.4, 0.5) is 14.5 Å². The van der Waals surface area contributed by atoms with Gasteiger partial charge in [0.1, 0.15) is 16.5 Å². The van der Waals surface area contributed by atoms with Gasteiger partial charge in [-0.05, 0) is 12.1 Å². The van der Waals surface area contributed by atoms with E-state index in [0.717, 1.165) is 18.2 Å². The van der Waals surface area contributed by atoms with Gasteiger partial charge in [-0.2, -0.15) is 5.10 Å². The van der Waals surface area contributed by atoms with Crippen LogP contribution in [0.1, 0.15) is 26.5 Å². The van der Waals surface area contributed by atoms with Gasteiger partial charge in [0.15, 0.2) is 0 Å². The fourth-order valence-corrected chi connectivity index (χ4v) is 3.41. The van der Waals surface area contributed by atoms with Crippen molar-refractivity contribution in [2.75, 3.05) is 4.72 Å². The van der Waals surface area contributed by atoms with Crippen LogP contribution in [-0.4, -0.2) is 18.2 Å². The number of aryl methyl sites for hydroxylation is 1. The molecule has 0 bridgehead atoms. The second-order valence-corrected chi connectivity index (χ2v) is 7.65. The van der Waals surface area contributed by atoms with Gasteiger partial charge < -0.3 is 0 Å². The van der Waals surface area contributed by atoms with Gasteiger partial charge in [0.2, 0.25) is 0 Å². The van der Waals surface area contributed by atoms with Crippen molar-refractivity contribution in [3.8, 4) is 0 Å². The summed E-state index contributed by atoms with van der Waals surface area (Å²) < 4.78 is 55.3. The van der Waals surface area contributed by atoms with E-state index >= 15 is 0 Å². The third-order valence-electron chi connectivity index (χ3n) is 2.97. The molecule has 1 aromatic carbocycles. The first kappa shape index (κ1) is 16.4. The van der Waals surface area contributed by atoms with Crippen molar-refractivity contribution < 1.29 is 17.2 Å². The zero-order valence-electron chi connectivity index (χ0n) is 12.7. The van der Waals surface area contributed by atoms with Gasteiger partial charge in [0.05, 0.1) is 11.4 Å². The van der Waals surface area contributed by atoms with Crippen LogP contribution in [0.3, 0.4) is 0 Å². The number of sulfonamides is 1. The zero-order chi connectivity index (χ0) is 16.7. The van der Waals surface area contributed by atoms with E-state index in [-0.39, 0.29) is 4.90 Å². The fourth-order valence-electron chi connectivity index (χ4n) is 1.96. The zero-order valence-corrected chi connectivity index (χ0v) is 13.5. The molecular formula is C14H17F2N3O2S. The van der Waals surface area contributed by atoms with E-state index in [1.165, 1.54) is 10.9 Å². The summed E-state index contributed by atoms with van der Waals surface area (Å²) in [7, 11) is -2.49. The second-order valence-electron chi connectivity index (χ2n) is 6.00. The summed E-state index contributed by atoms with van der Waals surface area (Å²) in [5.41, 5.74) is -0.616. The molecule has 0 atom stereocenters. The van der Waals surface area contributed by atoms with Gasteiger partial charge in [0, 0.05) is 24.7 Å². The quantitative estimate of drug-likeness (QED) is 0.942. The topological polar surface area (TPSA) is 64.0 Å². The van der Waals surface area contributed by atoms with Gasteiger partial charge >= 0.3 is 0 Å². The molecule has 0 spiro atoms. The molecule has 2 rings (SSSR count). The molecule has 1 aromatic heterocycles. The highest BCUT2D eigenvalue weighted by molar-refractivity contribution is 7.92. The highest BCUT2D eigenvalue weighted by atomic mass is 32.2. The lowest BCUT2D eigenvalue weighted by molar-refractivity contribution is 0.538. The molecular weight excluding hydrogens is 312 g/mol. The summed E-state index contributed by atoms with van der Waals surface area (Å²) in [4.78, 5) is -0.0637. The summed E-state index contributed by atoms with van der Waals surface area (Å²) in [5.74, 6) is -1.59. The average molecular weight is 329 g/mol. The Morgan fingerprint density at radius 2 is 1.86 bits per heavy atom. The molecule has 0 aliphatic rings. The Hall–Kier alpha value is -1.96. The Balaban J connectivity index is 2.50. The van der Waals surface area contributed by atoms with Crippen LogP contribution in [0, 0.1) is 11.6 Å². The van der Waals surface area contributed by atoms with E-state index in [2.05, 4.69) is 9.82 Å². The minimum Gasteiger partial charge on any atom is -0.276 e. The molecule has 0 unspecified atom stereocenters. The molecule has 0 radical (unpaired) electrons. The summed E-state index contributed by atoms with van der Waals surface area (Å²) >= 11 is 0. The number of aromatic nitrogens is 2. The highest BCUT2D eigenvalue weighted by Crippen LogP contribution is 2.29. The molecule has 0 amide bonds. The third-order valence-corrected chi connectivity index (χ3v) is 4.33. The molecule has 0 aliphatic heterocycles. The highest BCUT2D eigenvalue weighted by Gasteiger charge is 2.30. The Morgan fingerprint density at radius 1 is 1.23 bits per heavy atom. The molecule has 8 heteroatoms. The van der Waals surface area contributed by atoms with Crippen molar-refractivity contribution in [1.82, 2.24) is 9.78 Å². The number of anilines is 1. The Bertz CT molecular complexity index is 808. The van der Waals surface area contributed by atoms with Gasteiger partial charge in [0.25, 0.3) is 10.0 Å². The lowest BCUT2D eigenvalue weighted by atomic mass is 9.92. The summed E-state index contributed by atoms with van der Waals surface area (Å²) in [6.45, 7) is 5.45. The number of hydrogen-bond acceptors (Lipinski definition) is 3. The molecule has 0 fully saturated rings. The monoisotopic (exact) mass is 329 g/mol. The molecule has 1 N–H and O–H groups in total. The number of nitrogens with one attached hydrogen (secondary N) is 1. The number of benzene rings is 1. The first-order valence-corrected chi connectivity index (χ1v) is 8.01. The largest absolute Gasteiger partial charge is 0.276 e. The number of nitrogens with zero attached hydrogens (tertiary/aromatic N) is 2. The Kier molecular flexibility index (Phi) is 3.99. The van der Waals surface area contributed by atoms with Crippen molar-refractivity contribution in [2.45, 2.75) is 31.1 Å². The number of rotatable bonds is 3. The molecule has 0 aliphatic carbocycles. The maximum atomic E-state index is 13.6. The summed E-state index contributed by atoms with van der Waals surface area (Å²) in [5, 5.41) is 4.16. The van der Waals surface area contributed by atoms with Crippen LogP contribution in [0.5, 0.6) is 0 Å². The molecule has 22 heavy (non-hydrogen) atoms. The smallest absolute Gasteiger partial charge is 0.265 e. The molecule has 0 saturated heterocycles. The van der Waals surface area contributed by atoms with Crippen LogP contribution >= 0.6 is 0 Å². The summed E-state index contributed by atoms with van der Waals surface area (Å²) in [6, 6.07) is 2.57. The van der Waals surface area contributed by atoms with Crippen LogP contribution in [0.25, 0.3) is 0 Å². The Labute approximate surface area is 128 Å². The van der Waals surface area contributed by atoms with Gasteiger partial charge in [-0.3, -0.25) is 9.40 Å². The van der Waals surface area contributed by atoms with Crippen molar-refractivity contribution in [2.24, 2.45) is 7.05 Å². The number of hydrogen-bond donors (Lipinski definition) is 1. The normalized spacial score (nSPS) is 12.5. The molecule has 5 nitrogen and oxygen atoms in total. The minimum absolute atomic E-state index is 0.0637. The van der Waals surface area contributed by atoms with E-state index in [0.29, 0.717) is 5.69 Å². The van der Waals surface area contributed by atoms with Crippen LogP contribution < -0.4 is 4.72 Å². The van der Waals surface area contributed by atoms with Gasteiger partial charge in [-0.1, -0.05) is 20.8 Å². The average Bonchev–Trinajstić information content (AvgIpc) is 2.76. The predicted molar refractivity (Wildman–Crippen MR) is 79.1 cm³/mol. The van der Waals surface area contributed by atoms with Crippen molar-refractivity contribution in [3.05, 3.63) is 41.7 Å². The predicted octanol–water partition coefficient (Wildman–Crippen LogP) is 2.80. The lowest BCUT2D eigenvalue weighted by Crippen LogP contribution is -2.20. The van der Waals surface area contributed by atoms with E-state index < -0.39 is 32.8 Å². The van der Waals surface area contributed by atoms with Gasteiger partial charge in [-0.25, -0.2) is 17.2 Å². The van der Waals surface area contributed by atoms with Crippen LogP contribution in [0.15, 0.2) is 29.3 Å². The Morgan fingerprint density at radius 3 is 2.45 bits per heavy atom. The van der Waals surface area contributed by atoms with E-state index in [4.69, 9.17) is 0 Å². The molecule has 120 valence electrons. The van der Waals surface area contributed by atoms with Crippen LogP contribution in [-0.2, 0) is 22.5 Å². The lowest BCUT2D eigenvalue weighted by Gasteiger charge is -2.18. The fraction of sp³-hybridized carbons (Fsp3) is 0.357. The van der Waals surface area contributed by atoms with Crippen molar-refractivity contribution >= 4 is 15.7 Å². The van der Waals surface area contributed by atoms with Crippen molar-refractivity contribution in [3.63, 3.8) is 0 Å². The van der Waals surface area contributed by atoms with E-state index in [1.807, 2.05) is 20.8 Å². The maximum Gasteiger partial charge on any atom is 0.265 e. The second kappa shape index (κ2) is 5.35. The van der Waals surface area contributed by atoms with E-state index in [1.54, 1.807) is 7.05 Å². The maximum absolute atomic E-state index is 13.6. The first-order valence-electron chi connectivity index (χ1n) is 6.53. The minimum atomic E-state index is -4.09. The van der Waals surface area contributed by atoms with Crippen LogP contribution in [0.2, 0.25) is 0 Å². The molecule has 1 heterocycles. The third kappa shape index (κ3) is 3.27. The summed E-state index contributed by atoms with van der Waals surface area (Å²) in [6.07, 6.45) is 1.33. The SMILES string of the molecule is Cn1cc(S(=O)(=O)Nc2cc(F)ccc2F)c(C(C)(C)C)n1.